The topological polar surface area (TPSA) is 132 Å². The lowest BCUT2D eigenvalue weighted by Crippen LogP contribution is -2.29. The van der Waals surface area contributed by atoms with Crippen molar-refractivity contribution in [3.8, 4) is 0 Å². The summed E-state index contributed by atoms with van der Waals surface area (Å²) in [5.74, 6) is -0.712. The first kappa shape index (κ1) is 14.1. The van der Waals surface area contributed by atoms with Gasteiger partial charge in [0.15, 0.2) is 0 Å². The van der Waals surface area contributed by atoms with Gasteiger partial charge in [-0.3, -0.25) is 14.9 Å². The quantitative estimate of drug-likeness (QED) is 0.536. The summed E-state index contributed by atoms with van der Waals surface area (Å²) in [6.07, 6.45) is 0. The summed E-state index contributed by atoms with van der Waals surface area (Å²) < 4.78 is 21.9. The minimum Gasteiger partial charge on any atom is -0.346 e. The Morgan fingerprint density at radius 1 is 1.33 bits per heavy atom. The molecule has 0 saturated heterocycles. The molecule has 0 aliphatic heterocycles. The maximum atomic E-state index is 11.0. The molecule has 0 atom stereocenters. The largest absolute Gasteiger partial charge is 0.346 e. The number of primary sulfonamides is 1. The predicted octanol–water partition coefficient (Wildman–Crippen LogP) is -0.773. The van der Waals surface area contributed by atoms with Crippen molar-refractivity contribution >= 4 is 15.9 Å². The van der Waals surface area contributed by atoms with E-state index in [1.54, 1.807) is 0 Å². The molecule has 0 aliphatic carbocycles. The van der Waals surface area contributed by atoms with Gasteiger partial charge in [-0.2, -0.15) is 0 Å². The molecule has 18 heavy (non-hydrogen) atoms. The fraction of sp³-hybridized carbons (Fsp3) is 0.222. The van der Waals surface area contributed by atoms with E-state index in [4.69, 9.17) is 5.14 Å². The van der Waals surface area contributed by atoms with Crippen molar-refractivity contribution in [2.45, 2.75) is 11.4 Å². The van der Waals surface area contributed by atoms with Gasteiger partial charge in [-0.25, -0.2) is 13.6 Å². The van der Waals surface area contributed by atoms with E-state index >= 15 is 0 Å². The average Bonchev–Trinajstić information content (AvgIpc) is 2.25. The highest BCUT2D eigenvalue weighted by Gasteiger charge is 2.09. The highest BCUT2D eigenvalue weighted by molar-refractivity contribution is 7.89. The molecule has 0 radical (unpaired) electrons. The Bertz CT molecular complexity index is 552. The number of carbonyl (C=O) groups excluding carboxylic acids is 1. The van der Waals surface area contributed by atoms with E-state index in [2.05, 4.69) is 5.32 Å². The normalized spacial score (nSPS) is 10.9. The third kappa shape index (κ3) is 4.47. The molecule has 0 aromatic heterocycles. The number of amides is 1. The summed E-state index contributed by atoms with van der Waals surface area (Å²) in [5, 5.41) is 17.3. The van der Waals surface area contributed by atoms with Crippen LogP contribution in [0.5, 0.6) is 0 Å². The number of nitrogens with two attached hydrogens (primary N) is 1. The minimum atomic E-state index is -3.74. The van der Waals surface area contributed by atoms with E-state index in [1.165, 1.54) is 24.3 Å². The Labute approximate surface area is 103 Å². The van der Waals surface area contributed by atoms with Gasteiger partial charge in [0, 0.05) is 11.5 Å². The number of carbonyl (C=O) groups is 1. The van der Waals surface area contributed by atoms with Crippen molar-refractivity contribution < 1.29 is 18.1 Å². The lowest BCUT2D eigenvalue weighted by atomic mass is 10.2. The number of hydrogen-bond acceptors (Lipinski definition) is 5. The van der Waals surface area contributed by atoms with E-state index in [0.717, 1.165) is 0 Å². The molecule has 98 valence electrons. The van der Waals surface area contributed by atoms with Crippen LogP contribution >= 0.6 is 0 Å². The molecule has 8 nitrogen and oxygen atoms in total. The molecule has 0 spiro atoms. The van der Waals surface area contributed by atoms with Gasteiger partial charge in [0.1, 0.15) is 0 Å². The molecule has 0 aliphatic rings. The highest BCUT2D eigenvalue weighted by atomic mass is 32.2. The molecule has 0 fully saturated rings. The molecule has 0 bridgehead atoms. The summed E-state index contributed by atoms with van der Waals surface area (Å²) in [5.41, 5.74) is 0.610. The van der Waals surface area contributed by atoms with Crippen LogP contribution in [0.15, 0.2) is 29.2 Å². The number of benzene rings is 1. The number of sulfonamides is 1. The third-order valence-electron chi connectivity index (χ3n) is 2.01. The smallest absolute Gasteiger partial charge is 0.292 e. The van der Waals surface area contributed by atoms with Crippen LogP contribution < -0.4 is 10.5 Å². The number of hydrogen-bond donors (Lipinski definition) is 2. The van der Waals surface area contributed by atoms with E-state index in [1.807, 2.05) is 0 Å². The van der Waals surface area contributed by atoms with Crippen LogP contribution in [0, 0.1) is 10.1 Å². The SMILES string of the molecule is NS(=O)(=O)c1ccc(CNC(=O)C[N+](=O)[O-])cc1. The average molecular weight is 273 g/mol. The van der Waals surface area contributed by atoms with Crippen molar-refractivity contribution in [1.82, 2.24) is 5.32 Å². The first-order valence-corrected chi connectivity index (χ1v) is 6.34. The van der Waals surface area contributed by atoms with Gasteiger partial charge < -0.3 is 5.32 Å². The minimum absolute atomic E-state index is 0.0390. The van der Waals surface area contributed by atoms with Crippen molar-refractivity contribution in [1.29, 1.82) is 0 Å². The van der Waals surface area contributed by atoms with Gasteiger partial charge >= 0.3 is 0 Å². The summed E-state index contributed by atoms with van der Waals surface area (Å²) in [7, 11) is -3.74. The van der Waals surface area contributed by atoms with Crippen LogP contribution in [-0.2, 0) is 21.4 Å². The van der Waals surface area contributed by atoms with Crippen LogP contribution in [0.1, 0.15) is 5.56 Å². The molecule has 0 unspecified atom stereocenters. The Balaban J connectivity index is 2.60. The van der Waals surface area contributed by atoms with Crippen molar-refractivity contribution in [2.75, 3.05) is 6.54 Å². The van der Waals surface area contributed by atoms with Gasteiger partial charge in [-0.15, -0.1) is 0 Å². The zero-order chi connectivity index (χ0) is 13.8. The number of rotatable bonds is 5. The summed E-state index contributed by atoms with van der Waals surface area (Å²) in [6.45, 7) is -0.715. The van der Waals surface area contributed by atoms with Crippen LogP contribution in [0.4, 0.5) is 0 Å². The van der Waals surface area contributed by atoms with Crippen molar-refractivity contribution in [3.63, 3.8) is 0 Å². The molecule has 3 N–H and O–H groups in total. The van der Waals surface area contributed by atoms with Gasteiger partial charge in [-0.1, -0.05) is 12.1 Å². The van der Waals surface area contributed by atoms with Crippen LogP contribution in [0.25, 0.3) is 0 Å². The molecule has 1 amide bonds. The molecule has 0 heterocycles. The van der Waals surface area contributed by atoms with E-state index in [-0.39, 0.29) is 11.4 Å². The number of nitro groups is 1. The summed E-state index contributed by atoms with van der Waals surface area (Å²) in [6, 6.07) is 5.52. The summed E-state index contributed by atoms with van der Waals surface area (Å²) >= 11 is 0. The Kier molecular flexibility index (Phi) is 4.34. The second-order valence-corrected chi connectivity index (χ2v) is 5.02. The van der Waals surface area contributed by atoms with E-state index in [0.29, 0.717) is 5.56 Å². The first-order valence-electron chi connectivity index (χ1n) is 4.79. The molecule has 9 heteroatoms. The second-order valence-electron chi connectivity index (χ2n) is 3.46. The zero-order valence-corrected chi connectivity index (χ0v) is 10.0. The predicted molar refractivity (Wildman–Crippen MR) is 61.5 cm³/mol. The number of nitrogens with zero attached hydrogens (tertiary/aromatic N) is 1. The van der Waals surface area contributed by atoms with Gasteiger partial charge in [0.25, 0.3) is 12.5 Å². The maximum Gasteiger partial charge on any atom is 0.292 e. The van der Waals surface area contributed by atoms with E-state index < -0.39 is 27.4 Å². The maximum absolute atomic E-state index is 11.0. The molecule has 0 saturated carbocycles. The first-order chi connectivity index (χ1) is 8.29. The fourth-order valence-electron chi connectivity index (χ4n) is 1.17. The third-order valence-corrected chi connectivity index (χ3v) is 2.94. The number of nitrogens with one attached hydrogen (secondary N) is 1. The molecule has 1 rings (SSSR count). The van der Waals surface area contributed by atoms with Crippen molar-refractivity contribution in [2.24, 2.45) is 5.14 Å². The van der Waals surface area contributed by atoms with Gasteiger partial charge in [0.2, 0.25) is 10.0 Å². The highest BCUT2D eigenvalue weighted by Crippen LogP contribution is 2.08. The van der Waals surface area contributed by atoms with Gasteiger partial charge in [-0.05, 0) is 17.7 Å². The Hall–Kier alpha value is -2.00. The van der Waals surface area contributed by atoms with Crippen molar-refractivity contribution in [3.05, 3.63) is 39.9 Å². The van der Waals surface area contributed by atoms with Gasteiger partial charge in [0.05, 0.1) is 4.90 Å². The lowest BCUT2D eigenvalue weighted by Gasteiger charge is -2.04. The molecular formula is C9H11N3O5S. The molecule has 1 aromatic rings. The standard InChI is InChI=1S/C9H11N3O5S/c10-18(16,17)8-3-1-7(2-4-8)5-11-9(13)6-12(14)15/h1-4H,5-6H2,(H,11,13)(H2,10,16,17). The Morgan fingerprint density at radius 3 is 2.33 bits per heavy atom. The molecule has 1 aromatic carbocycles. The lowest BCUT2D eigenvalue weighted by molar-refractivity contribution is -0.467. The van der Waals surface area contributed by atoms with Crippen LogP contribution in [0.3, 0.4) is 0 Å². The molecular weight excluding hydrogens is 262 g/mol. The second kappa shape index (κ2) is 5.56. The monoisotopic (exact) mass is 273 g/mol. The van der Waals surface area contributed by atoms with E-state index in [9.17, 15) is 23.3 Å². The zero-order valence-electron chi connectivity index (χ0n) is 9.20. The fourth-order valence-corrected chi connectivity index (χ4v) is 1.69. The van der Waals surface area contributed by atoms with Crippen LogP contribution in [0.2, 0.25) is 0 Å². The Morgan fingerprint density at radius 2 is 1.89 bits per heavy atom. The summed E-state index contributed by atoms with van der Waals surface area (Å²) in [4.78, 5) is 20.2. The van der Waals surface area contributed by atoms with Crippen LogP contribution in [-0.4, -0.2) is 25.8 Å².